The molecule has 1 saturated heterocycles. The van der Waals surface area contributed by atoms with Gasteiger partial charge in [-0.25, -0.2) is 9.86 Å². The standard InChI is InChI=1S/C42H53N5O8S2/c1-41(2)32-26-29(40(51)44(5)54-6)28-45(23-15-25-56-52)39(32)43-34(41)16-11-8-7-9-12-17-35-42(3,4)31-27-30(57-53)19-20-33(31)46(35)24-14-10-13-18-38(50)55-47-36(48)21-22-37(47)49/h7-9,11-12,16-17,19-20,26-28,39,52-53H,10,13-15,18,21-25H2,1-6H3/b8-7+,12-9+,16-11+,35-17+. The molecule has 0 spiro atoms. The van der Waals surface area contributed by atoms with Gasteiger partial charge in [0, 0.05) is 96.2 Å². The first kappa shape index (κ1) is 43.7. The fourth-order valence-electron chi connectivity index (χ4n) is 7.39. The summed E-state index contributed by atoms with van der Waals surface area (Å²) in [7, 11) is 3.04. The van der Waals surface area contributed by atoms with Crippen LogP contribution in [0.5, 0.6) is 0 Å². The molecule has 57 heavy (non-hydrogen) atoms. The van der Waals surface area contributed by atoms with Gasteiger partial charge in [-0.1, -0.05) is 64.5 Å². The van der Waals surface area contributed by atoms with Gasteiger partial charge in [-0.15, -0.1) is 5.06 Å². The molecule has 4 heterocycles. The van der Waals surface area contributed by atoms with Crippen molar-refractivity contribution in [3.63, 3.8) is 0 Å². The highest BCUT2D eigenvalue weighted by molar-refractivity contribution is 7.94. The van der Waals surface area contributed by atoms with Crippen molar-refractivity contribution in [2.45, 2.75) is 89.1 Å². The van der Waals surface area contributed by atoms with E-state index >= 15 is 0 Å². The summed E-state index contributed by atoms with van der Waals surface area (Å²) in [5, 5.41) is 1.80. The van der Waals surface area contributed by atoms with E-state index in [-0.39, 0.29) is 36.8 Å². The smallest absolute Gasteiger partial charge is 0.333 e. The second-order valence-corrected chi connectivity index (χ2v) is 16.5. The number of unbranched alkanes of at least 4 members (excludes halogenated alkanes) is 2. The van der Waals surface area contributed by atoms with Gasteiger partial charge in [0.2, 0.25) is 0 Å². The molecule has 1 aromatic rings. The van der Waals surface area contributed by atoms with E-state index in [2.05, 4.69) is 43.6 Å². The minimum atomic E-state index is -0.587. The lowest BCUT2D eigenvalue weighted by Gasteiger charge is -2.34. The molecule has 15 heteroatoms. The number of nitrogens with zero attached hydrogens (tertiary/aromatic N) is 5. The van der Waals surface area contributed by atoms with Crippen molar-refractivity contribution in [2.75, 3.05) is 37.9 Å². The number of anilines is 1. The maximum atomic E-state index is 13.1. The third-order valence-corrected chi connectivity index (χ3v) is 11.6. The topological polar surface area (TPSA) is 153 Å². The van der Waals surface area contributed by atoms with E-state index in [4.69, 9.17) is 14.7 Å². The molecule has 0 saturated carbocycles. The van der Waals surface area contributed by atoms with Crippen LogP contribution >= 0.6 is 24.1 Å². The van der Waals surface area contributed by atoms with Gasteiger partial charge in [0.1, 0.15) is 6.17 Å². The molecule has 0 bridgehead atoms. The number of carbonyl (C=O) groups excluding carboxylic acids is 4. The number of allylic oxidation sites excluding steroid dienone is 8. The number of rotatable bonds is 18. The average Bonchev–Trinajstić information content (AvgIpc) is 3.73. The molecule has 1 unspecified atom stereocenters. The van der Waals surface area contributed by atoms with Crippen LogP contribution in [0, 0.1) is 5.41 Å². The van der Waals surface area contributed by atoms with Gasteiger partial charge in [0.15, 0.2) is 0 Å². The lowest BCUT2D eigenvalue weighted by atomic mass is 9.78. The maximum absolute atomic E-state index is 13.1. The molecule has 1 fully saturated rings. The predicted octanol–water partition coefficient (Wildman–Crippen LogP) is 7.62. The zero-order valence-corrected chi connectivity index (χ0v) is 35.1. The third-order valence-electron chi connectivity index (χ3n) is 10.7. The molecule has 0 aromatic heterocycles. The normalized spacial score (nSPS) is 20.6. The largest absolute Gasteiger partial charge is 0.352 e. The molecule has 306 valence electrons. The minimum Gasteiger partial charge on any atom is -0.352 e. The van der Waals surface area contributed by atoms with Crippen molar-refractivity contribution < 1.29 is 38.0 Å². The first-order valence-electron chi connectivity index (χ1n) is 19.1. The molecule has 4 aliphatic heterocycles. The van der Waals surface area contributed by atoms with E-state index in [1.54, 1.807) is 7.05 Å². The number of imide groups is 1. The van der Waals surface area contributed by atoms with E-state index in [0.717, 1.165) is 76.5 Å². The number of hydrogen-bond donors (Lipinski definition) is 2. The van der Waals surface area contributed by atoms with E-state index in [9.17, 15) is 28.3 Å². The summed E-state index contributed by atoms with van der Waals surface area (Å²) in [5.74, 6) is -1.22. The minimum absolute atomic E-state index is 0.0661. The van der Waals surface area contributed by atoms with Crippen molar-refractivity contribution in [3.8, 4) is 0 Å². The summed E-state index contributed by atoms with van der Waals surface area (Å²) in [6, 6.07) is 5.96. The number of benzene rings is 1. The Morgan fingerprint density at radius 2 is 1.68 bits per heavy atom. The molecule has 0 radical (unpaired) electrons. The second-order valence-electron chi connectivity index (χ2n) is 15.2. The van der Waals surface area contributed by atoms with Gasteiger partial charge in [-0.05, 0) is 78.9 Å². The summed E-state index contributed by atoms with van der Waals surface area (Å²) in [5.41, 5.74) is 4.96. The van der Waals surface area contributed by atoms with Crippen LogP contribution in [0.1, 0.15) is 78.2 Å². The van der Waals surface area contributed by atoms with E-state index < -0.39 is 23.2 Å². The van der Waals surface area contributed by atoms with Crippen LogP contribution in [0.2, 0.25) is 0 Å². The number of amides is 3. The Hall–Kier alpha value is -4.41. The molecule has 1 atom stereocenters. The molecular weight excluding hydrogens is 767 g/mol. The van der Waals surface area contributed by atoms with Crippen LogP contribution in [-0.4, -0.2) is 92.7 Å². The summed E-state index contributed by atoms with van der Waals surface area (Å²) in [6.45, 7) is 9.89. The molecule has 13 nitrogen and oxygen atoms in total. The summed E-state index contributed by atoms with van der Waals surface area (Å²) in [6.07, 6.45) is 20.6. The number of hydroxylamine groups is 4. The Labute approximate surface area is 343 Å². The molecule has 2 N–H and O–H groups in total. The zero-order chi connectivity index (χ0) is 41.3. The Kier molecular flexibility index (Phi) is 14.8. The van der Waals surface area contributed by atoms with E-state index in [1.807, 2.05) is 66.9 Å². The number of carbonyl (C=O) groups is 4. The van der Waals surface area contributed by atoms with Crippen LogP contribution in [0.15, 0.2) is 99.7 Å². The van der Waals surface area contributed by atoms with Gasteiger partial charge in [-0.2, -0.15) is 0 Å². The predicted molar refractivity (Wildman–Crippen MR) is 224 cm³/mol. The van der Waals surface area contributed by atoms with Crippen molar-refractivity contribution >= 4 is 59.2 Å². The highest BCUT2D eigenvalue weighted by atomic mass is 32.2. The van der Waals surface area contributed by atoms with Gasteiger partial charge < -0.3 is 23.7 Å². The lowest BCUT2D eigenvalue weighted by molar-refractivity contribution is -0.197. The van der Waals surface area contributed by atoms with E-state index in [0.29, 0.717) is 35.9 Å². The van der Waals surface area contributed by atoms with Crippen LogP contribution in [0.4, 0.5) is 5.69 Å². The number of hydrogen-bond acceptors (Lipinski definition) is 13. The second kappa shape index (κ2) is 19.4. The van der Waals surface area contributed by atoms with Crippen molar-refractivity contribution in [3.05, 3.63) is 95.4 Å². The fraction of sp³-hybridized carbons (Fsp3) is 0.452. The molecule has 4 aliphatic rings. The number of fused-ring (bicyclic) bond motifs is 2. The Morgan fingerprint density at radius 1 is 0.965 bits per heavy atom. The van der Waals surface area contributed by atoms with Crippen LogP contribution < -0.4 is 4.90 Å². The summed E-state index contributed by atoms with van der Waals surface area (Å²) in [4.78, 5) is 69.2. The quantitative estimate of drug-likeness (QED) is 0.0493. The van der Waals surface area contributed by atoms with Gasteiger partial charge in [-0.3, -0.25) is 24.2 Å². The monoisotopic (exact) mass is 819 g/mol. The average molecular weight is 820 g/mol. The Balaban J connectivity index is 1.24. The SMILES string of the molecule is CON(C)C(=O)C1=CN(CCCSO)C2N=C(/C=C/C=C/C=C/C=C3/N(CCCCCC(=O)ON4C(=O)CCC4=O)c4ccc(SO)cc4C3(C)C)C(C)(C)C2=C1. The van der Waals surface area contributed by atoms with Crippen molar-refractivity contribution in [2.24, 2.45) is 10.4 Å². The van der Waals surface area contributed by atoms with Gasteiger partial charge in [0.25, 0.3) is 17.7 Å². The number of likely N-dealkylation sites (N-methyl/N-ethyl adjacent to an activating group) is 1. The van der Waals surface area contributed by atoms with Crippen LogP contribution in [0.3, 0.4) is 0 Å². The summed E-state index contributed by atoms with van der Waals surface area (Å²) >= 11 is 1.53. The lowest BCUT2D eigenvalue weighted by Crippen LogP contribution is -2.38. The van der Waals surface area contributed by atoms with E-state index in [1.165, 1.54) is 12.2 Å². The molecule has 0 aliphatic carbocycles. The molecular formula is C42H53N5O8S2. The van der Waals surface area contributed by atoms with Crippen LogP contribution in [0.25, 0.3) is 0 Å². The van der Waals surface area contributed by atoms with Gasteiger partial charge >= 0.3 is 5.97 Å². The fourth-order valence-corrected chi connectivity index (χ4v) is 7.94. The summed E-state index contributed by atoms with van der Waals surface area (Å²) < 4.78 is 19.1. The maximum Gasteiger partial charge on any atom is 0.333 e. The van der Waals surface area contributed by atoms with Crippen molar-refractivity contribution in [1.29, 1.82) is 0 Å². The third kappa shape index (κ3) is 10.0. The Bertz CT molecular complexity index is 1920. The van der Waals surface area contributed by atoms with Crippen molar-refractivity contribution in [1.82, 2.24) is 15.0 Å². The molecule has 5 rings (SSSR count). The first-order chi connectivity index (χ1) is 27.2. The highest BCUT2D eigenvalue weighted by Crippen LogP contribution is 2.49. The first-order valence-corrected chi connectivity index (χ1v) is 20.8. The molecule has 3 amide bonds. The number of aliphatic imine (C=N–C) groups is 1. The zero-order valence-electron chi connectivity index (χ0n) is 33.5. The molecule has 1 aromatic carbocycles. The van der Waals surface area contributed by atoms with Gasteiger partial charge in [0.05, 0.1) is 12.7 Å². The highest BCUT2D eigenvalue weighted by Gasteiger charge is 2.44. The Morgan fingerprint density at radius 3 is 2.39 bits per heavy atom. The van der Waals surface area contributed by atoms with Crippen LogP contribution in [-0.2, 0) is 34.3 Å².